The molecule has 1 atom stereocenters. The van der Waals surface area contributed by atoms with Gasteiger partial charge in [0.15, 0.2) is 0 Å². The summed E-state index contributed by atoms with van der Waals surface area (Å²) in [4.78, 5) is 0. The number of nitrogen functional groups attached to an aromatic ring is 1. The highest BCUT2D eigenvalue weighted by Crippen LogP contribution is 2.36. The van der Waals surface area contributed by atoms with Crippen LogP contribution in [-0.2, 0) is 11.8 Å². The molecule has 1 aromatic carbocycles. The van der Waals surface area contributed by atoms with Gasteiger partial charge in [-0.2, -0.15) is 5.10 Å². The van der Waals surface area contributed by atoms with Gasteiger partial charge in [-0.1, -0.05) is 11.6 Å². The maximum atomic E-state index is 6.31. The molecule has 2 heterocycles. The monoisotopic (exact) mass is 350 g/mol. The number of benzene rings is 1. The first-order chi connectivity index (χ1) is 11.6. The third kappa shape index (κ3) is 3.66. The minimum Gasteiger partial charge on any atom is -0.491 e. The van der Waals surface area contributed by atoms with E-state index in [1.54, 1.807) is 10.9 Å². The van der Waals surface area contributed by atoms with Crippen molar-refractivity contribution >= 4 is 17.3 Å². The van der Waals surface area contributed by atoms with Crippen LogP contribution in [0.1, 0.15) is 12.8 Å². The average Bonchev–Trinajstić information content (AvgIpc) is 2.92. The van der Waals surface area contributed by atoms with Gasteiger partial charge in [-0.25, -0.2) is 0 Å². The highest BCUT2D eigenvalue weighted by atomic mass is 35.5. The second-order valence-electron chi connectivity index (χ2n) is 6.14. The molecule has 2 aromatic rings. The van der Waals surface area contributed by atoms with E-state index in [9.17, 15) is 0 Å². The highest BCUT2D eigenvalue weighted by molar-refractivity contribution is 6.33. The van der Waals surface area contributed by atoms with Crippen LogP contribution in [0.2, 0.25) is 5.02 Å². The molecule has 4 N–H and O–H groups in total. The van der Waals surface area contributed by atoms with Crippen LogP contribution < -0.4 is 16.2 Å². The quantitative estimate of drug-likeness (QED) is 0.809. The van der Waals surface area contributed by atoms with Gasteiger partial charge in [-0.15, -0.1) is 0 Å². The number of rotatable bonds is 5. The second-order valence-corrected chi connectivity index (χ2v) is 6.55. The largest absolute Gasteiger partial charge is 0.491 e. The third-order valence-corrected chi connectivity index (χ3v) is 4.73. The summed E-state index contributed by atoms with van der Waals surface area (Å²) < 4.78 is 13.1. The van der Waals surface area contributed by atoms with Crippen molar-refractivity contribution in [3.8, 4) is 17.0 Å². The maximum Gasteiger partial charge on any atom is 0.128 e. The van der Waals surface area contributed by atoms with Crippen LogP contribution in [0.25, 0.3) is 11.3 Å². The number of aryl methyl sites for hydroxylation is 1. The number of aromatic nitrogens is 2. The van der Waals surface area contributed by atoms with Crippen molar-refractivity contribution < 1.29 is 9.47 Å². The first kappa shape index (κ1) is 17.1. The molecular weight excluding hydrogens is 328 g/mol. The zero-order valence-corrected chi connectivity index (χ0v) is 14.5. The highest BCUT2D eigenvalue weighted by Gasteiger charge is 2.22. The lowest BCUT2D eigenvalue weighted by Gasteiger charge is -2.27. The predicted octanol–water partition coefficient (Wildman–Crippen LogP) is 2.46. The molecule has 0 saturated carbocycles. The minimum absolute atomic E-state index is 0.0266. The van der Waals surface area contributed by atoms with Crippen LogP contribution in [0.15, 0.2) is 24.4 Å². The van der Waals surface area contributed by atoms with Crippen molar-refractivity contribution in [3.05, 3.63) is 29.4 Å². The van der Waals surface area contributed by atoms with Crippen molar-refractivity contribution in [3.63, 3.8) is 0 Å². The van der Waals surface area contributed by atoms with Crippen LogP contribution in [-0.4, -0.2) is 35.6 Å². The van der Waals surface area contributed by atoms with E-state index in [2.05, 4.69) is 5.10 Å². The fraction of sp³-hybridized carbons (Fsp3) is 0.471. The topological polar surface area (TPSA) is 88.3 Å². The van der Waals surface area contributed by atoms with E-state index >= 15 is 0 Å². The first-order valence-corrected chi connectivity index (χ1v) is 8.47. The van der Waals surface area contributed by atoms with E-state index in [-0.39, 0.29) is 6.04 Å². The predicted molar refractivity (Wildman–Crippen MR) is 95.1 cm³/mol. The van der Waals surface area contributed by atoms with Gasteiger partial charge in [0.2, 0.25) is 0 Å². The van der Waals surface area contributed by atoms with Gasteiger partial charge in [-0.05, 0) is 37.0 Å². The number of halogens is 1. The zero-order chi connectivity index (χ0) is 17.1. The van der Waals surface area contributed by atoms with Gasteiger partial charge in [0.1, 0.15) is 12.4 Å². The summed E-state index contributed by atoms with van der Waals surface area (Å²) in [5, 5.41) is 4.74. The van der Waals surface area contributed by atoms with E-state index < -0.39 is 0 Å². The maximum absolute atomic E-state index is 6.31. The van der Waals surface area contributed by atoms with Gasteiger partial charge in [-0.3, -0.25) is 4.68 Å². The molecule has 24 heavy (non-hydrogen) atoms. The van der Waals surface area contributed by atoms with Crippen molar-refractivity contribution in [1.82, 2.24) is 9.78 Å². The van der Waals surface area contributed by atoms with Gasteiger partial charge in [0.05, 0.1) is 16.9 Å². The normalized spacial score (nSPS) is 17.0. The van der Waals surface area contributed by atoms with E-state index in [0.29, 0.717) is 29.0 Å². The number of ether oxygens (including phenoxy) is 2. The molecule has 1 aromatic heterocycles. The standard InChI is InChI=1S/C17H23ClN4O2/c1-22-17(14(18)9-21-22)13-8-12(19)2-3-16(13)24-10-15(20)11-4-6-23-7-5-11/h2-3,8-9,11,15H,4-7,10,19-20H2,1H3. The van der Waals surface area contributed by atoms with Crippen LogP contribution in [0, 0.1) is 5.92 Å². The fourth-order valence-corrected chi connectivity index (χ4v) is 3.31. The van der Waals surface area contributed by atoms with Crippen LogP contribution in [0.3, 0.4) is 0 Å². The summed E-state index contributed by atoms with van der Waals surface area (Å²) in [7, 11) is 1.84. The van der Waals surface area contributed by atoms with Gasteiger partial charge in [0, 0.05) is 37.6 Å². The van der Waals surface area contributed by atoms with Crippen molar-refractivity contribution in [2.75, 3.05) is 25.6 Å². The minimum atomic E-state index is -0.0266. The van der Waals surface area contributed by atoms with Crippen molar-refractivity contribution in [2.24, 2.45) is 18.7 Å². The molecule has 1 unspecified atom stereocenters. The molecule has 1 aliphatic rings. The Kier molecular flexibility index (Phi) is 5.28. The number of anilines is 1. The second kappa shape index (κ2) is 7.42. The summed E-state index contributed by atoms with van der Waals surface area (Å²) in [6.07, 6.45) is 3.57. The Labute approximate surface area is 146 Å². The Balaban J connectivity index is 1.78. The molecule has 1 fully saturated rings. The summed E-state index contributed by atoms with van der Waals surface area (Å²) in [5.41, 5.74) is 14.5. The van der Waals surface area contributed by atoms with Crippen molar-refractivity contribution in [2.45, 2.75) is 18.9 Å². The number of nitrogens with two attached hydrogens (primary N) is 2. The molecule has 3 rings (SSSR count). The van der Waals surface area contributed by atoms with Crippen LogP contribution in [0.5, 0.6) is 5.75 Å². The lowest BCUT2D eigenvalue weighted by atomic mass is 9.93. The molecule has 0 spiro atoms. The Bertz CT molecular complexity index is 678. The molecule has 0 amide bonds. The van der Waals surface area contributed by atoms with Gasteiger partial charge >= 0.3 is 0 Å². The molecule has 6 nitrogen and oxygen atoms in total. The smallest absolute Gasteiger partial charge is 0.128 e. The molecule has 0 aliphatic carbocycles. The molecule has 0 bridgehead atoms. The number of hydrogen-bond donors (Lipinski definition) is 2. The molecule has 1 aliphatic heterocycles. The lowest BCUT2D eigenvalue weighted by Crippen LogP contribution is -2.39. The Morgan fingerprint density at radius 2 is 2.17 bits per heavy atom. The summed E-state index contributed by atoms with van der Waals surface area (Å²) in [6.45, 7) is 1.99. The van der Waals surface area contributed by atoms with E-state index in [0.717, 1.165) is 37.3 Å². The van der Waals surface area contributed by atoms with Gasteiger partial charge in [0.25, 0.3) is 0 Å². The first-order valence-electron chi connectivity index (χ1n) is 8.09. The van der Waals surface area contributed by atoms with E-state index in [4.69, 9.17) is 32.5 Å². The molecular formula is C17H23ClN4O2. The lowest BCUT2D eigenvalue weighted by molar-refractivity contribution is 0.0522. The third-order valence-electron chi connectivity index (χ3n) is 4.46. The molecule has 7 heteroatoms. The van der Waals surface area contributed by atoms with Crippen molar-refractivity contribution in [1.29, 1.82) is 0 Å². The Hall–Kier alpha value is -1.76. The Morgan fingerprint density at radius 3 is 2.83 bits per heavy atom. The van der Waals surface area contributed by atoms with Crippen LogP contribution >= 0.6 is 11.6 Å². The van der Waals surface area contributed by atoms with E-state index in [1.807, 2.05) is 25.2 Å². The van der Waals surface area contributed by atoms with Gasteiger partial charge < -0.3 is 20.9 Å². The van der Waals surface area contributed by atoms with E-state index in [1.165, 1.54) is 0 Å². The SMILES string of the molecule is Cn1ncc(Cl)c1-c1cc(N)ccc1OCC(N)C1CCOCC1. The molecule has 130 valence electrons. The average molecular weight is 351 g/mol. The summed E-state index contributed by atoms with van der Waals surface area (Å²) in [6, 6.07) is 5.48. The molecule has 0 radical (unpaired) electrons. The summed E-state index contributed by atoms with van der Waals surface area (Å²) in [5.74, 6) is 1.13. The Morgan fingerprint density at radius 1 is 1.42 bits per heavy atom. The fourth-order valence-electron chi connectivity index (χ4n) is 3.04. The zero-order valence-electron chi connectivity index (χ0n) is 13.7. The number of hydrogen-bond acceptors (Lipinski definition) is 5. The van der Waals surface area contributed by atoms with Crippen LogP contribution in [0.4, 0.5) is 5.69 Å². The summed E-state index contributed by atoms with van der Waals surface area (Å²) >= 11 is 6.27. The number of nitrogens with zero attached hydrogens (tertiary/aromatic N) is 2. The molecule has 1 saturated heterocycles.